The lowest BCUT2D eigenvalue weighted by atomic mass is 10.1. The van der Waals surface area contributed by atoms with E-state index in [-0.39, 0.29) is 6.61 Å². The van der Waals surface area contributed by atoms with Crippen molar-refractivity contribution < 1.29 is 20.1 Å². The minimum Gasteiger partial charge on any atom is -0.480 e. The summed E-state index contributed by atoms with van der Waals surface area (Å²) < 4.78 is 0. The van der Waals surface area contributed by atoms with Crippen LogP contribution >= 0.6 is 0 Å². The molecule has 1 aromatic carbocycles. The first kappa shape index (κ1) is 16.6. The van der Waals surface area contributed by atoms with Crippen molar-refractivity contribution in [3.8, 4) is 0 Å². The molecule has 2 unspecified atom stereocenters. The van der Waals surface area contributed by atoms with Crippen molar-refractivity contribution in [3.63, 3.8) is 0 Å². The van der Waals surface area contributed by atoms with Crippen LogP contribution in [0.15, 0.2) is 30.3 Å². The Bertz CT molecular complexity index is 327. The van der Waals surface area contributed by atoms with E-state index in [2.05, 4.69) is 12.1 Å². The maximum atomic E-state index is 9.86. The first-order valence-electron chi connectivity index (χ1n) is 5.80. The molecule has 0 aliphatic heterocycles. The van der Waals surface area contributed by atoms with Crippen molar-refractivity contribution in [2.75, 3.05) is 6.61 Å². The van der Waals surface area contributed by atoms with E-state index in [1.807, 2.05) is 18.2 Å². The zero-order valence-electron chi connectivity index (χ0n) is 10.5. The molecule has 0 heterocycles. The highest BCUT2D eigenvalue weighted by Crippen LogP contribution is 2.00. The minimum atomic E-state index is -1.18. The van der Waals surface area contributed by atoms with Crippen LogP contribution in [0.5, 0.6) is 0 Å². The van der Waals surface area contributed by atoms with Crippen molar-refractivity contribution in [2.24, 2.45) is 5.73 Å². The molecule has 5 heteroatoms. The first-order chi connectivity index (χ1) is 8.49. The smallest absolute Gasteiger partial charge is 0.323 e. The molecule has 0 amide bonds. The average molecular weight is 255 g/mol. The topological polar surface area (TPSA) is 104 Å². The van der Waals surface area contributed by atoms with Gasteiger partial charge in [-0.2, -0.15) is 0 Å². The summed E-state index contributed by atoms with van der Waals surface area (Å²) >= 11 is 0. The highest BCUT2D eigenvalue weighted by molar-refractivity contribution is 5.73. The molecular formula is C13H21NO4. The van der Waals surface area contributed by atoms with Gasteiger partial charge in [0, 0.05) is 6.61 Å². The molecule has 0 saturated heterocycles. The maximum Gasteiger partial charge on any atom is 0.323 e. The molecule has 0 aliphatic carbocycles. The molecule has 0 bridgehead atoms. The second kappa shape index (κ2) is 9.58. The van der Waals surface area contributed by atoms with Crippen LogP contribution in [0.1, 0.15) is 18.9 Å². The predicted molar refractivity (Wildman–Crippen MR) is 69.1 cm³/mol. The Morgan fingerprint density at radius 3 is 2.22 bits per heavy atom. The van der Waals surface area contributed by atoms with E-state index in [0.717, 1.165) is 12.8 Å². The number of aryl methyl sites for hydroxylation is 1. The lowest BCUT2D eigenvalue weighted by Crippen LogP contribution is -2.39. The Morgan fingerprint density at radius 1 is 1.33 bits per heavy atom. The SMILES string of the molecule is CC(O)C(N)C(=O)O.OCCCc1ccccc1. The van der Waals surface area contributed by atoms with E-state index in [1.165, 1.54) is 12.5 Å². The standard InChI is InChI=1S/C9H12O.C4H9NO3/c10-8-4-7-9-5-2-1-3-6-9;1-2(6)3(5)4(7)8/h1-3,5-6,10H,4,7-8H2;2-3,6H,5H2,1H3,(H,7,8). The van der Waals surface area contributed by atoms with Gasteiger partial charge in [0.2, 0.25) is 0 Å². The Labute approximate surface area is 107 Å². The van der Waals surface area contributed by atoms with Gasteiger partial charge < -0.3 is 21.1 Å². The summed E-state index contributed by atoms with van der Waals surface area (Å²) in [6.45, 7) is 1.62. The Balaban J connectivity index is 0.000000331. The van der Waals surface area contributed by atoms with Gasteiger partial charge in [-0.3, -0.25) is 4.79 Å². The quantitative estimate of drug-likeness (QED) is 0.609. The summed E-state index contributed by atoms with van der Waals surface area (Å²) in [4.78, 5) is 9.86. The second-order valence-corrected chi connectivity index (χ2v) is 3.92. The van der Waals surface area contributed by atoms with E-state index in [1.54, 1.807) is 0 Å². The van der Waals surface area contributed by atoms with Crippen LogP contribution in [0.2, 0.25) is 0 Å². The van der Waals surface area contributed by atoms with Crippen LogP contribution in [-0.4, -0.2) is 40.0 Å². The molecule has 0 aromatic heterocycles. The van der Waals surface area contributed by atoms with Gasteiger partial charge in [0.15, 0.2) is 0 Å². The number of aliphatic hydroxyl groups is 2. The normalized spacial score (nSPS) is 13.1. The van der Waals surface area contributed by atoms with E-state index >= 15 is 0 Å². The third-order valence-corrected chi connectivity index (χ3v) is 2.27. The number of aliphatic carboxylic acids is 1. The fraction of sp³-hybridized carbons (Fsp3) is 0.462. The Kier molecular flexibility index (Phi) is 8.82. The van der Waals surface area contributed by atoms with Crippen LogP contribution in [0.4, 0.5) is 0 Å². The van der Waals surface area contributed by atoms with E-state index in [9.17, 15) is 4.79 Å². The van der Waals surface area contributed by atoms with E-state index < -0.39 is 18.1 Å². The molecule has 0 fully saturated rings. The first-order valence-corrected chi connectivity index (χ1v) is 5.80. The highest BCUT2D eigenvalue weighted by Gasteiger charge is 2.16. The van der Waals surface area contributed by atoms with Gasteiger partial charge in [-0.25, -0.2) is 0 Å². The summed E-state index contributed by atoms with van der Waals surface area (Å²) in [5.41, 5.74) is 6.21. The number of carbonyl (C=O) groups is 1. The molecule has 0 radical (unpaired) electrons. The van der Waals surface area contributed by atoms with Crippen LogP contribution in [-0.2, 0) is 11.2 Å². The van der Waals surface area contributed by atoms with Crippen molar-refractivity contribution in [1.82, 2.24) is 0 Å². The molecule has 0 spiro atoms. The van der Waals surface area contributed by atoms with Crippen LogP contribution in [0.25, 0.3) is 0 Å². The summed E-state index contributed by atoms with van der Waals surface area (Å²) in [6.07, 6.45) is 0.869. The second-order valence-electron chi connectivity index (χ2n) is 3.92. The van der Waals surface area contributed by atoms with Gasteiger partial charge in [-0.15, -0.1) is 0 Å². The Hall–Kier alpha value is -1.43. The molecule has 18 heavy (non-hydrogen) atoms. The molecule has 1 rings (SSSR count). The third-order valence-electron chi connectivity index (χ3n) is 2.27. The van der Waals surface area contributed by atoms with Gasteiger partial charge in [0.1, 0.15) is 6.04 Å². The summed E-state index contributed by atoms with van der Waals surface area (Å²) in [5, 5.41) is 25.1. The highest BCUT2D eigenvalue weighted by atomic mass is 16.4. The van der Waals surface area contributed by atoms with Crippen molar-refractivity contribution >= 4 is 5.97 Å². The number of hydrogen-bond acceptors (Lipinski definition) is 4. The van der Waals surface area contributed by atoms with Gasteiger partial charge in [0.05, 0.1) is 6.10 Å². The molecule has 0 aliphatic rings. The lowest BCUT2D eigenvalue weighted by molar-refractivity contribution is -0.140. The Morgan fingerprint density at radius 2 is 1.89 bits per heavy atom. The van der Waals surface area contributed by atoms with Crippen LogP contribution in [0.3, 0.4) is 0 Å². The molecule has 102 valence electrons. The van der Waals surface area contributed by atoms with Crippen molar-refractivity contribution in [1.29, 1.82) is 0 Å². The number of carboxylic acid groups (broad SMARTS) is 1. The summed E-state index contributed by atoms with van der Waals surface area (Å²) in [6, 6.07) is 9.04. The van der Waals surface area contributed by atoms with Crippen LogP contribution in [0, 0.1) is 0 Å². The maximum absolute atomic E-state index is 9.86. The number of carboxylic acids is 1. The van der Waals surface area contributed by atoms with Gasteiger partial charge in [-0.05, 0) is 25.3 Å². The lowest BCUT2D eigenvalue weighted by Gasteiger charge is -2.06. The monoisotopic (exact) mass is 255 g/mol. The zero-order valence-corrected chi connectivity index (χ0v) is 10.5. The van der Waals surface area contributed by atoms with Gasteiger partial charge in [-0.1, -0.05) is 30.3 Å². The van der Waals surface area contributed by atoms with E-state index in [0.29, 0.717) is 0 Å². The van der Waals surface area contributed by atoms with Gasteiger partial charge in [0.25, 0.3) is 0 Å². The van der Waals surface area contributed by atoms with Crippen LogP contribution < -0.4 is 5.73 Å². The van der Waals surface area contributed by atoms with Crippen molar-refractivity contribution in [2.45, 2.75) is 31.9 Å². The number of hydrogen-bond donors (Lipinski definition) is 4. The molecule has 5 N–H and O–H groups in total. The number of nitrogens with two attached hydrogens (primary N) is 1. The largest absolute Gasteiger partial charge is 0.480 e. The zero-order chi connectivity index (χ0) is 14.0. The number of rotatable bonds is 5. The average Bonchev–Trinajstić information content (AvgIpc) is 2.37. The fourth-order valence-corrected chi connectivity index (χ4v) is 1.13. The molecule has 1 aromatic rings. The molecular weight excluding hydrogens is 234 g/mol. The molecule has 2 atom stereocenters. The predicted octanol–water partition coefficient (Wildman–Crippen LogP) is 0.391. The third kappa shape index (κ3) is 7.78. The number of aliphatic hydroxyl groups excluding tert-OH is 2. The summed E-state index contributed by atoms with van der Waals surface area (Å²) in [5.74, 6) is -1.18. The van der Waals surface area contributed by atoms with E-state index in [4.69, 9.17) is 21.1 Å². The van der Waals surface area contributed by atoms with Crippen molar-refractivity contribution in [3.05, 3.63) is 35.9 Å². The number of benzene rings is 1. The minimum absolute atomic E-state index is 0.287. The molecule has 5 nitrogen and oxygen atoms in total. The van der Waals surface area contributed by atoms with Gasteiger partial charge >= 0.3 is 5.97 Å². The molecule has 0 saturated carbocycles. The summed E-state index contributed by atoms with van der Waals surface area (Å²) in [7, 11) is 0. The fourth-order valence-electron chi connectivity index (χ4n) is 1.13.